The first-order valence-electron chi connectivity index (χ1n) is 9.23. The molecule has 0 aliphatic carbocycles. The number of hydrogen-bond donors (Lipinski definition) is 1. The molecule has 0 aliphatic rings. The van der Waals surface area contributed by atoms with Gasteiger partial charge in [-0.05, 0) is 56.0 Å². The lowest BCUT2D eigenvalue weighted by Gasteiger charge is -2.24. The van der Waals surface area contributed by atoms with Crippen LogP contribution in [0.15, 0.2) is 42.5 Å². The van der Waals surface area contributed by atoms with E-state index in [4.69, 9.17) is 9.47 Å². The van der Waals surface area contributed by atoms with Crippen molar-refractivity contribution in [1.29, 1.82) is 0 Å². The summed E-state index contributed by atoms with van der Waals surface area (Å²) in [6.45, 7) is 11.2. The van der Waals surface area contributed by atoms with Crippen LogP contribution in [0.1, 0.15) is 55.2 Å². The van der Waals surface area contributed by atoms with Crippen molar-refractivity contribution >= 4 is 5.91 Å². The highest BCUT2D eigenvalue weighted by Gasteiger charge is 2.21. The van der Waals surface area contributed by atoms with Crippen LogP contribution in [0.2, 0.25) is 0 Å². The molecule has 0 saturated heterocycles. The molecular formula is C22H29NO3. The Balaban J connectivity index is 2.30. The fourth-order valence-electron chi connectivity index (χ4n) is 2.94. The molecule has 0 bridgehead atoms. The average molecular weight is 355 g/mol. The highest BCUT2D eigenvalue weighted by Crippen LogP contribution is 2.33. The summed E-state index contributed by atoms with van der Waals surface area (Å²) < 4.78 is 11.4. The fraction of sp³-hybridized carbons (Fsp3) is 0.409. The summed E-state index contributed by atoms with van der Waals surface area (Å²) in [5, 5.41) is 3.18. The van der Waals surface area contributed by atoms with Crippen LogP contribution in [-0.2, 0) is 0 Å². The largest absolute Gasteiger partial charge is 0.490 e. The molecule has 4 heteroatoms. The number of carbonyl (C=O) groups is 1. The van der Waals surface area contributed by atoms with Crippen LogP contribution in [0, 0.1) is 12.8 Å². The van der Waals surface area contributed by atoms with Gasteiger partial charge in [-0.15, -0.1) is 0 Å². The molecular weight excluding hydrogens is 326 g/mol. The van der Waals surface area contributed by atoms with E-state index in [2.05, 4.69) is 19.2 Å². The minimum absolute atomic E-state index is 0.0614. The molecule has 2 aromatic carbocycles. The van der Waals surface area contributed by atoms with Gasteiger partial charge < -0.3 is 14.8 Å². The molecule has 2 aromatic rings. The number of rotatable bonds is 8. The van der Waals surface area contributed by atoms with E-state index in [1.54, 1.807) is 0 Å². The Morgan fingerprint density at radius 2 is 1.65 bits per heavy atom. The third-order valence-corrected chi connectivity index (χ3v) is 4.27. The van der Waals surface area contributed by atoms with Gasteiger partial charge in [-0.3, -0.25) is 4.79 Å². The SMILES string of the molecule is CCOc1ccc(C(NC(=O)c2ccccc2C)C(C)C)cc1OCC. The fourth-order valence-corrected chi connectivity index (χ4v) is 2.94. The Labute approximate surface area is 156 Å². The van der Waals surface area contributed by atoms with Crippen LogP contribution in [-0.4, -0.2) is 19.1 Å². The minimum Gasteiger partial charge on any atom is -0.490 e. The number of nitrogens with one attached hydrogen (secondary N) is 1. The van der Waals surface area contributed by atoms with Crippen molar-refractivity contribution in [3.05, 3.63) is 59.2 Å². The maximum absolute atomic E-state index is 12.8. The maximum atomic E-state index is 12.8. The van der Waals surface area contributed by atoms with Gasteiger partial charge in [0.05, 0.1) is 19.3 Å². The Kier molecular flexibility index (Phi) is 7.07. The summed E-state index contributed by atoms with van der Waals surface area (Å²) in [5.41, 5.74) is 2.68. The van der Waals surface area contributed by atoms with Gasteiger partial charge in [0.25, 0.3) is 5.91 Å². The van der Waals surface area contributed by atoms with Crippen molar-refractivity contribution in [2.24, 2.45) is 5.92 Å². The van der Waals surface area contributed by atoms with Crippen LogP contribution in [0.25, 0.3) is 0 Å². The first-order chi connectivity index (χ1) is 12.5. The van der Waals surface area contributed by atoms with Crippen LogP contribution in [0.3, 0.4) is 0 Å². The van der Waals surface area contributed by atoms with Crippen molar-refractivity contribution in [1.82, 2.24) is 5.32 Å². The highest BCUT2D eigenvalue weighted by molar-refractivity contribution is 5.95. The third-order valence-electron chi connectivity index (χ3n) is 4.27. The van der Waals surface area contributed by atoms with E-state index in [9.17, 15) is 4.79 Å². The number of hydrogen-bond acceptors (Lipinski definition) is 3. The van der Waals surface area contributed by atoms with Crippen molar-refractivity contribution in [3.63, 3.8) is 0 Å². The van der Waals surface area contributed by atoms with Crippen molar-refractivity contribution in [2.45, 2.75) is 40.7 Å². The molecule has 0 saturated carbocycles. The predicted octanol–water partition coefficient (Wildman–Crippen LogP) is 4.92. The monoisotopic (exact) mass is 355 g/mol. The Bertz CT molecular complexity index is 740. The van der Waals surface area contributed by atoms with Gasteiger partial charge in [0.15, 0.2) is 11.5 Å². The second kappa shape index (κ2) is 9.27. The number of benzene rings is 2. The molecule has 0 radical (unpaired) electrons. The highest BCUT2D eigenvalue weighted by atomic mass is 16.5. The summed E-state index contributed by atoms with van der Waals surface area (Å²) in [6.07, 6.45) is 0. The summed E-state index contributed by atoms with van der Waals surface area (Å²) >= 11 is 0. The van der Waals surface area contributed by atoms with Crippen LogP contribution < -0.4 is 14.8 Å². The van der Waals surface area contributed by atoms with Gasteiger partial charge in [0.1, 0.15) is 0 Å². The first kappa shape index (κ1) is 19.8. The van der Waals surface area contributed by atoms with E-state index in [1.165, 1.54) is 0 Å². The lowest BCUT2D eigenvalue weighted by atomic mass is 9.95. The zero-order chi connectivity index (χ0) is 19.1. The van der Waals surface area contributed by atoms with Gasteiger partial charge in [-0.2, -0.15) is 0 Å². The molecule has 26 heavy (non-hydrogen) atoms. The standard InChI is InChI=1S/C22H29NO3/c1-6-25-19-13-12-17(14-20(19)26-7-2)21(15(3)4)23-22(24)18-11-9-8-10-16(18)5/h8-15,21H,6-7H2,1-5H3,(H,23,24). The Morgan fingerprint density at radius 1 is 1.00 bits per heavy atom. The topological polar surface area (TPSA) is 47.6 Å². The lowest BCUT2D eigenvalue weighted by molar-refractivity contribution is 0.0925. The Morgan fingerprint density at radius 3 is 2.27 bits per heavy atom. The first-order valence-corrected chi connectivity index (χ1v) is 9.23. The minimum atomic E-state index is -0.114. The Hall–Kier alpha value is -2.49. The van der Waals surface area contributed by atoms with E-state index in [0.29, 0.717) is 24.5 Å². The second-order valence-corrected chi connectivity index (χ2v) is 6.58. The van der Waals surface area contributed by atoms with E-state index in [0.717, 1.165) is 16.9 Å². The smallest absolute Gasteiger partial charge is 0.252 e. The van der Waals surface area contributed by atoms with E-state index < -0.39 is 0 Å². The average Bonchev–Trinajstić information content (AvgIpc) is 2.61. The quantitative estimate of drug-likeness (QED) is 0.731. The van der Waals surface area contributed by atoms with E-state index in [-0.39, 0.29) is 17.9 Å². The van der Waals surface area contributed by atoms with Crippen molar-refractivity contribution < 1.29 is 14.3 Å². The number of aryl methyl sites for hydroxylation is 1. The summed E-state index contributed by atoms with van der Waals surface area (Å²) in [6, 6.07) is 13.4. The molecule has 1 N–H and O–H groups in total. The third kappa shape index (κ3) is 4.78. The van der Waals surface area contributed by atoms with Gasteiger partial charge in [0, 0.05) is 5.56 Å². The molecule has 1 amide bonds. The summed E-state index contributed by atoms with van der Waals surface area (Å²) in [4.78, 5) is 12.8. The molecule has 4 nitrogen and oxygen atoms in total. The van der Waals surface area contributed by atoms with E-state index >= 15 is 0 Å². The normalized spacial score (nSPS) is 11.9. The second-order valence-electron chi connectivity index (χ2n) is 6.58. The molecule has 0 heterocycles. The molecule has 2 rings (SSSR count). The maximum Gasteiger partial charge on any atom is 0.252 e. The van der Waals surface area contributed by atoms with Gasteiger partial charge in [-0.25, -0.2) is 0 Å². The molecule has 1 atom stereocenters. The lowest BCUT2D eigenvalue weighted by Crippen LogP contribution is -2.32. The van der Waals surface area contributed by atoms with Gasteiger partial charge in [-0.1, -0.05) is 38.1 Å². The van der Waals surface area contributed by atoms with E-state index in [1.807, 2.05) is 63.2 Å². The number of carbonyl (C=O) groups excluding carboxylic acids is 1. The zero-order valence-electron chi connectivity index (χ0n) is 16.3. The molecule has 1 unspecified atom stereocenters. The molecule has 140 valence electrons. The zero-order valence-corrected chi connectivity index (χ0v) is 16.3. The van der Waals surface area contributed by atoms with Crippen LogP contribution in [0.5, 0.6) is 11.5 Å². The summed E-state index contributed by atoms with van der Waals surface area (Å²) in [7, 11) is 0. The van der Waals surface area contributed by atoms with Crippen LogP contribution in [0.4, 0.5) is 0 Å². The summed E-state index contributed by atoms with van der Waals surface area (Å²) in [5.74, 6) is 1.61. The molecule has 0 aromatic heterocycles. The number of ether oxygens (including phenoxy) is 2. The predicted molar refractivity (Wildman–Crippen MR) is 105 cm³/mol. The van der Waals surface area contributed by atoms with Gasteiger partial charge in [0.2, 0.25) is 0 Å². The molecule has 0 aliphatic heterocycles. The molecule has 0 spiro atoms. The van der Waals surface area contributed by atoms with Gasteiger partial charge >= 0.3 is 0 Å². The van der Waals surface area contributed by atoms with Crippen molar-refractivity contribution in [3.8, 4) is 11.5 Å². The van der Waals surface area contributed by atoms with Crippen molar-refractivity contribution in [2.75, 3.05) is 13.2 Å². The number of amides is 1. The molecule has 0 fully saturated rings. The van der Waals surface area contributed by atoms with Crippen LogP contribution >= 0.6 is 0 Å².